The summed E-state index contributed by atoms with van der Waals surface area (Å²) in [4.78, 5) is 0. The number of hydrogen-bond acceptors (Lipinski definition) is 4. The normalized spacial score (nSPS) is 14.8. The molecule has 0 amide bonds. The molecule has 2 unspecified atom stereocenters. The smallest absolute Gasteiger partial charge is 0.162 e. The highest BCUT2D eigenvalue weighted by Gasteiger charge is 2.25. The number of allylic oxidation sites excluding steroid dienone is 1. The van der Waals surface area contributed by atoms with Crippen molar-refractivity contribution in [1.29, 1.82) is 0 Å². The molecular formula is C15H28O4. The lowest BCUT2D eigenvalue weighted by Gasteiger charge is -2.31. The van der Waals surface area contributed by atoms with E-state index in [1.165, 1.54) is 0 Å². The molecule has 0 aliphatic rings. The van der Waals surface area contributed by atoms with E-state index in [0.717, 1.165) is 6.42 Å². The SMILES string of the molecule is C=CC(CCO)CC(CC(=C)OC)OC(C)(C)OC. The molecule has 0 radical (unpaired) electrons. The van der Waals surface area contributed by atoms with E-state index >= 15 is 0 Å². The fraction of sp³-hybridized carbons (Fsp3) is 0.733. The first kappa shape index (κ1) is 18.2. The molecule has 1 N–H and O–H groups in total. The molecule has 0 aliphatic heterocycles. The van der Waals surface area contributed by atoms with Gasteiger partial charge in [0.15, 0.2) is 5.79 Å². The van der Waals surface area contributed by atoms with Crippen molar-refractivity contribution in [1.82, 2.24) is 0 Å². The van der Waals surface area contributed by atoms with Crippen LogP contribution in [0.15, 0.2) is 25.0 Å². The van der Waals surface area contributed by atoms with Gasteiger partial charge in [0.2, 0.25) is 0 Å². The molecule has 112 valence electrons. The van der Waals surface area contributed by atoms with Crippen LogP contribution in [0.1, 0.15) is 33.1 Å². The molecule has 19 heavy (non-hydrogen) atoms. The first-order valence-electron chi connectivity index (χ1n) is 6.56. The maximum atomic E-state index is 9.03. The van der Waals surface area contributed by atoms with Crippen LogP contribution < -0.4 is 0 Å². The fourth-order valence-corrected chi connectivity index (χ4v) is 1.80. The van der Waals surface area contributed by atoms with Crippen molar-refractivity contribution >= 4 is 0 Å². The molecule has 0 heterocycles. The molecule has 0 aromatic rings. The van der Waals surface area contributed by atoms with Gasteiger partial charge in [-0.05, 0) is 32.6 Å². The van der Waals surface area contributed by atoms with E-state index in [0.29, 0.717) is 18.6 Å². The minimum absolute atomic E-state index is 0.0862. The Balaban J connectivity index is 4.65. The van der Waals surface area contributed by atoms with Gasteiger partial charge in [0, 0.05) is 20.1 Å². The molecule has 0 bridgehead atoms. The molecule has 4 nitrogen and oxygen atoms in total. The molecule has 0 aromatic carbocycles. The van der Waals surface area contributed by atoms with Gasteiger partial charge in [-0.25, -0.2) is 0 Å². The minimum Gasteiger partial charge on any atom is -0.502 e. The Morgan fingerprint density at radius 1 is 1.37 bits per heavy atom. The second-order valence-corrected chi connectivity index (χ2v) is 5.03. The predicted molar refractivity (Wildman–Crippen MR) is 76.7 cm³/mol. The summed E-state index contributed by atoms with van der Waals surface area (Å²) in [6.07, 6.45) is 3.79. The van der Waals surface area contributed by atoms with Crippen LogP contribution >= 0.6 is 0 Å². The van der Waals surface area contributed by atoms with Crippen LogP contribution in [0.25, 0.3) is 0 Å². The van der Waals surface area contributed by atoms with E-state index in [-0.39, 0.29) is 18.6 Å². The molecule has 0 spiro atoms. The van der Waals surface area contributed by atoms with Crippen molar-refractivity contribution in [3.05, 3.63) is 25.0 Å². The molecule has 0 saturated heterocycles. The molecule has 0 saturated carbocycles. The number of aliphatic hydroxyl groups excluding tert-OH is 1. The Kier molecular flexibility index (Phi) is 8.72. The zero-order valence-electron chi connectivity index (χ0n) is 12.6. The number of rotatable bonds is 11. The van der Waals surface area contributed by atoms with Crippen molar-refractivity contribution < 1.29 is 19.3 Å². The van der Waals surface area contributed by atoms with Gasteiger partial charge in [0.05, 0.1) is 19.0 Å². The van der Waals surface area contributed by atoms with Gasteiger partial charge in [-0.1, -0.05) is 12.7 Å². The van der Waals surface area contributed by atoms with Crippen molar-refractivity contribution in [3.63, 3.8) is 0 Å². The fourth-order valence-electron chi connectivity index (χ4n) is 1.80. The summed E-state index contributed by atoms with van der Waals surface area (Å²) in [6, 6.07) is 0. The van der Waals surface area contributed by atoms with Crippen LogP contribution in [-0.2, 0) is 14.2 Å². The molecule has 0 fully saturated rings. The Labute approximate surface area is 117 Å². The Hall–Kier alpha value is -0.840. The van der Waals surface area contributed by atoms with Crippen LogP contribution in [0.3, 0.4) is 0 Å². The molecule has 0 aliphatic carbocycles. The third-order valence-electron chi connectivity index (χ3n) is 3.08. The van der Waals surface area contributed by atoms with Gasteiger partial charge in [0.25, 0.3) is 0 Å². The first-order valence-corrected chi connectivity index (χ1v) is 6.56. The number of methoxy groups -OCH3 is 2. The summed E-state index contributed by atoms with van der Waals surface area (Å²) in [5.41, 5.74) is 0. The van der Waals surface area contributed by atoms with Gasteiger partial charge in [-0.15, -0.1) is 6.58 Å². The maximum Gasteiger partial charge on any atom is 0.162 e. The minimum atomic E-state index is -0.663. The summed E-state index contributed by atoms with van der Waals surface area (Å²) < 4.78 is 16.3. The van der Waals surface area contributed by atoms with Gasteiger partial charge in [0.1, 0.15) is 0 Å². The zero-order valence-corrected chi connectivity index (χ0v) is 12.6. The van der Waals surface area contributed by atoms with Crippen molar-refractivity contribution in [2.24, 2.45) is 5.92 Å². The summed E-state index contributed by atoms with van der Waals surface area (Å²) in [5.74, 6) is 0.208. The van der Waals surface area contributed by atoms with Crippen LogP contribution in [0.4, 0.5) is 0 Å². The molecule has 0 aromatic heterocycles. The largest absolute Gasteiger partial charge is 0.502 e. The van der Waals surface area contributed by atoms with E-state index in [9.17, 15) is 0 Å². The maximum absolute atomic E-state index is 9.03. The summed E-state index contributed by atoms with van der Waals surface area (Å²) >= 11 is 0. The van der Waals surface area contributed by atoms with Gasteiger partial charge in [-0.3, -0.25) is 0 Å². The van der Waals surface area contributed by atoms with Crippen LogP contribution in [0, 0.1) is 5.92 Å². The quantitative estimate of drug-likeness (QED) is 0.357. The third-order valence-corrected chi connectivity index (χ3v) is 3.08. The topological polar surface area (TPSA) is 47.9 Å². The highest BCUT2D eigenvalue weighted by atomic mass is 16.7. The van der Waals surface area contributed by atoms with E-state index in [1.807, 2.05) is 19.9 Å². The Bertz CT molecular complexity index is 273. The summed E-state index contributed by atoms with van der Waals surface area (Å²) in [7, 11) is 3.21. The average molecular weight is 272 g/mol. The third kappa shape index (κ3) is 8.03. The highest BCUT2D eigenvalue weighted by Crippen LogP contribution is 2.24. The highest BCUT2D eigenvalue weighted by molar-refractivity contribution is 4.89. The Morgan fingerprint density at radius 2 is 2.00 bits per heavy atom. The molecule has 2 atom stereocenters. The van der Waals surface area contributed by atoms with Gasteiger partial charge >= 0.3 is 0 Å². The van der Waals surface area contributed by atoms with Crippen LogP contribution in [0.2, 0.25) is 0 Å². The number of ether oxygens (including phenoxy) is 3. The second kappa shape index (κ2) is 9.13. The van der Waals surface area contributed by atoms with Crippen molar-refractivity contribution in [2.75, 3.05) is 20.8 Å². The summed E-state index contributed by atoms with van der Waals surface area (Å²) in [6.45, 7) is 11.5. The van der Waals surface area contributed by atoms with E-state index in [4.69, 9.17) is 19.3 Å². The van der Waals surface area contributed by atoms with Gasteiger partial charge < -0.3 is 19.3 Å². The predicted octanol–water partition coefficient (Wildman–Crippen LogP) is 2.88. The monoisotopic (exact) mass is 272 g/mol. The summed E-state index contributed by atoms with van der Waals surface area (Å²) in [5, 5.41) is 9.03. The first-order chi connectivity index (χ1) is 8.88. The zero-order chi connectivity index (χ0) is 14.9. The molecular weight excluding hydrogens is 244 g/mol. The van der Waals surface area contributed by atoms with E-state index < -0.39 is 5.79 Å². The van der Waals surface area contributed by atoms with E-state index in [2.05, 4.69) is 13.2 Å². The van der Waals surface area contributed by atoms with Crippen molar-refractivity contribution in [3.8, 4) is 0 Å². The standard InChI is InChI=1S/C15H28O4/c1-7-13(8-9-16)11-14(10-12(2)17-5)19-15(3,4)18-6/h7,13-14,16H,1-2,8-11H2,3-6H3. The average Bonchev–Trinajstić information content (AvgIpc) is 2.37. The lowest BCUT2D eigenvalue weighted by Crippen LogP contribution is -2.33. The van der Waals surface area contributed by atoms with Gasteiger partial charge in [-0.2, -0.15) is 0 Å². The lowest BCUT2D eigenvalue weighted by atomic mass is 9.96. The van der Waals surface area contributed by atoms with Crippen LogP contribution in [-0.4, -0.2) is 37.8 Å². The van der Waals surface area contributed by atoms with E-state index in [1.54, 1.807) is 14.2 Å². The second-order valence-electron chi connectivity index (χ2n) is 5.03. The number of hydrogen-bond donors (Lipinski definition) is 1. The van der Waals surface area contributed by atoms with Crippen LogP contribution in [0.5, 0.6) is 0 Å². The number of aliphatic hydroxyl groups is 1. The molecule has 0 rings (SSSR count). The molecule has 4 heteroatoms. The lowest BCUT2D eigenvalue weighted by molar-refractivity contribution is -0.226. The Morgan fingerprint density at radius 3 is 2.42 bits per heavy atom. The van der Waals surface area contributed by atoms with Crippen molar-refractivity contribution in [2.45, 2.75) is 45.0 Å².